The predicted molar refractivity (Wildman–Crippen MR) is 79.6 cm³/mol. The van der Waals surface area contributed by atoms with E-state index in [4.69, 9.17) is 4.74 Å². The molecule has 2 rings (SSSR count). The molecule has 0 saturated heterocycles. The lowest BCUT2D eigenvalue weighted by Crippen LogP contribution is -2.36. The first-order valence-electron chi connectivity index (χ1n) is 7.28. The molecule has 1 aliphatic rings. The van der Waals surface area contributed by atoms with E-state index >= 15 is 0 Å². The highest BCUT2D eigenvalue weighted by atomic mass is 32.1. The number of hydrogen-bond donors (Lipinski definition) is 1. The molecule has 20 heavy (non-hydrogen) atoms. The number of ether oxygens (including phenoxy) is 1. The Bertz CT molecular complexity index is 403. The van der Waals surface area contributed by atoms with Crippen LogP contribution in [0.1, 0.15) is 38.2 Å². The van der Waals surface area contributed by atoms with Crippen LogP contribution in [0.15, 0.2) is 16.8 Å². The molecule has 0 aliphatic heterocycles. The summed E-state index contributed by atoms with van der Waals surface area (Å²) in [5.41, 5.74) is 1.29. The lowest BCUT2D eigenvalue weighted by atomic mass is 10.2. The van der Waals surface area contributed by atoms with E-state index in [-0.39, 0.29) is 12.6 Å². The summed E-state index contributed by atoms with van der Waals surface area (Å²) in [4.78, 5) is 13.6. The number of nitrogens with zero attached hydrogens (tertiary/aromatic N) is 1. The minimum Gasteiger partial charge on any atom is -0.463 e. The molecule has 0 spiro atoms. The summed E-state index contributed by atoms with van der Waals surface area (Å²) >= 11 is 1.69. The molecule has 1 saturated carbocycles. The predicted octanol–water partition coefficient (Wildman–Crippen LogP) is 2.42. The summed E-state index contributed by atoms with van der Waals surface area (Å²) in [6, 6.07) is 2.70. The number of esters is 1. The van der Waals surface area contributed by atoms with Crippen molar-refractivity contribution in [1.82, 2.24) is 4.90 Å². The van der Waals surface area contributed by atoms with Crippen molar-refractivity contribution in [3.05, 3.63) is 22.4 Å². The Labute approximate surface area is 124 Å². The molecule has 1 unspecified atom stereocenters. The highest BCUT2D eigenvalue weighted by Gasteiger charge is 2.30. The molecule has 4 nitrogen and oxygen atoms in total. The van der Waals surface area contributed by atoms with Crippen LogP contribution in [0.25, 0.3) is 0 Å². The SMILES string of the molecule is CCCC(=O)OCC(O)CN(Cc1ccsc1)C1CC1. The van der Waals surface area contributed by atoms with Gasteiger partial charge in [0.2, 0.25) is 0 Å². The average molecular weight is 297 g/mol. The van der Waals surface area contributed by atoms with Gasteiger partial charge in [-0.15, -0.1) is 0 Å². The highest BCUT2D eigenvalue weighted by molar-refractivity contribution is 7.07. The molecule has 0 bridgehead atoms. The molecule has 1 fully saturated rings. The fourth-order valence-electron chi connectivity index (χ4n) is 2.19. The Hall–Kier alpha value is -0.910. The van der Waals surface area contributed by atoms with E-state index in [2.05, 4.69) is 21.7 Å². The van der Waals surface area contributed by atoms with Gasteiger partial charge in [0.25, 0.3) is 0 Å². The smallest absolute Gasteiger partial charge is 0.305 e. The third kappa shape index (κ3) is 5.23. The third-order valence-electron chi connectivity index (χ3n) is 3.37. The minimum absolute atomic E-state index is 0.103. The van der Waals surface area contributed by atoms with Gasteiger partial charge in [0.15, 0.2) is 0 Å². The van der Waals surface area contributed by atoms with Crippen molar-refractivity contribution in [2.75, 3.05) is 13.2 Å². The fraction of sp³-hybridized carbons (Fsp3) is 0.667. The van der Waals surface area contributed by atoms with E-state index in [1.807, 2.05) is 6.92 Å². The van der Waals surface area contributed by atoms with Crippen LogP contribution in [0.5, 0.6) is 0 Å². The van der Waals surface area contributed by atoms with Crippen molar-refractivity contribution in [3.63, 3.8) is 0 Å². The molecule has 5 heteroatoms. The Balaban J connectivity index is 1.74. The zero-order valence-electron chi connectivity index (χ0n) is 12.0. The van der Waals surface area contributed by atoms with Gasteiger partial charge in [0.1, 0.15) is 12.7 Å². The molecule has 112 valence electrons. The molecule has 1 aromatic rings. The zero-order valence-corrected chi connectivity index (χ0v) is 12.8. The van der Waals surface area contributed by atoms with E-state index in [1.165, 1.54) is 18.4 Å². The first kappa shape index (κ1) is 15.5. The van der Waals surface area contributed by atoms with Crippen molar-refractivity contribution in [2.24, 2.45) is 0 Å². The Morgan fingerprint density at radius 3 is 3.00 bits per heavy atom. The summed E-state index contributed by atoms with van der Waals surface area (Å²) in [6.45, 7) is 3.48. The van der Waals surface area contributed by atoms with Gasteiger partial charge in [0, 0.05) is 25.6 Å². The monoisotopic (exact) mass is 297 g/mol. The van der Waals surface area contributed by atoms with E-state index in [0.29, 0.717) is 19.0 Å². The van der Waals surface area contributed by atoms with Crippen LogP contribution in [-0.2, 0) is 16.1 Å². The molecule has 1 aromatic heterocycles. The molecule has 0 radical (unpaired) electrons. The molecular formula is C15H23NO3S. The molecule has 1 N–H and O–H groups in total. The van der Waals surface area contributed by atoms with Crippen molar-refractivity contribution in [3.8, 4) is 0 Å². The quantitative estimate of drug-likeness (QED) is 0.711. The highest BCUT2D eigenvalue weighted by Crippen LogP contribution is 2.28. The number of aliphatic hydroxyl groups is 1. The van der Waals surface area contributed by atoms with Gasteiger partial charge >= 0.3 is 5.97 Å². The second-order valence-corrected chi connectivity index (χ2v) is 6.16. The summed E-state index contributed by atoms with van der Waals surface area (Å²) in [5, 5.41) is 14.2. The van der Waals surface area contributed by atoms with Gasteiger partial charge in [-0.05, 0) is 41.7 Å². The average Bonchev–Trinajstić information content (AvgIpc) is 3.15. The number of rotatable bonds is 9. The maximum absolute atomic E-state index is 11.3. The van der Waals surface area contributed by atoms with E-state index in [9.17, 15) is 9.90 Å². The second kappa shape index (κ2) is 7.76. The standard InChI is InChI=1S/C15H23NO3S/c1-2-3-15(18)19-10-14(17)9-16(13-4-5-13)8-12-6-7-20-11-12/h6-7,11,13-14,17H,2-5,8-10H2,1H3. The van der Waals surface area contributed by atoms with Crippen molar-refractivity contribution < 1.29 is 14.6 Å². The first-order chi connectivity index (χ1) is 9.69. The Morgan fingerprint density at radius 1 is 1.60 bits per heavy atom. The molecule has 0 aromatic carbocycles. The Kier molecular flexibility index (Phi) is 6.01. The van der Waals surface area contributed by atoms with Crippen molar-refractivity contribution in [2.45, 2.75) is 51.3 Å². The second-order valence-electron chi connectivity index (χ2n) is 5.38. The lowest BCUT2D eigenvalue weighted by molar-refractivity contribution is -0.147. The number of carbonyl (C=O) groups is 1. The van der Waals surface area contributed by atoms with Gasteiger partial charge in [0.05, 0.1) is 0 Å². The van der Waals surface area contributed by atoms with E-state index in [0.717, 1.165) is 13.0 Å². The summed E-state index contributed by atoms with van der Waals surface area (Å²) < 4.78 is 5.07. The van der Waals surface area contributed by atoms with Crippen LogP contribution in [0.4, 0.5) is 0 Å². The zero-order chi connectivity index (χ0) is 14.4. The normalized spacial score (nSPS) is 16.4. The third-order valence-corrected chi connectivity index (χ3v) is 4.10. The first-order valence-corrected chi connectivity index (χ1v) is 8.22. The van der Waals surface area contributed by atoms with E-state index in [1.54, 1.807) is 11.3 Å². The number of hydrogen-bond acceptors (Lipinski definition) is 5. The van der Waals surface area contributed by atoms with Gasteiger partial charge in [-0.2, -0.15) is 11.3 Å². The van der Waals surface area contributed by atoms with Crippen molar-refractivity contribution in [1.29, 1.82) is 0 Å². The fourth-order valence-corrected chi connectivity index (χ4v) is 2.85. The summed E-state index contributed by atoms with van der Waals surface area (Å²) in [7, 11) is 0. The summed E-state index contributed by atoms with van der Waals surface area (Å²) in [6.07, 6.45) is 3.00. The van der Waals surface area contributed by atoms with E-state index < -0.39 is 6.10 Å². The van der Waals surface area contributed by atoms with Crippen LogP contribution in [0, 0.1) is 0 Å². The number of thiophene rings is 1. The van der Waals surface area contributed by atoms with Gasteiger partial charge in [-0.1, -0.05) is 6.92 Å². The van der Waals surface area contributed by atoms with Crippen molar-refractivity contribution >= 4 is 17.3 Å². The maximum atomic E-state index is 11.3. The number of aliphatic hydroxyl groups excluding tert-OH is 1. The minimum atomic E-state index is -0.602. The van der Waals surface area contributed by atoms with Crippen LogP contribution in [0.3, 0.4) is 0 Å². The van der Waals surface area contributed by atoms with Gasteiger partial charge < -0.3 is 9.84 Å². The van der Waals surface area contributed by atoms with Gasteiger partial charge in [-0.3, -0.25) is 9.69 Å². The molecular weight excluding hydrogens is 274 g/mol. The van der Waals surface area contributed by atoms with Crippen LogP contribution in [-0.4, -0.2) is 41.3 Å². The molecule has 1 atom stereocenters. The van der Waals surface area contributed by atoms with Crippen LogP contribution >= 0.6 is 11.3 Å². The summed E-state index contributed by atoms with van der Waals surface area (Å²) in [5.74, 6) is -0.220. The lowest BCUT2D eigenvalue weighted by Gasteiger charge is -2.24. The molecule has 0 amide bonds. The van der Waals surface area contributed by atoms with Gasteiger partial charge in [-0.25, -0.2) is 0 Å². The maximum Gasteiger partial charge on any atom is 0.305 e. The van der Waals surface area contributed by atoms with Crippen LogP contribution < -0.4 is 0 Å². The molecule has 1 aliphatic carbocycles. The number of carbonyl (C=O) groups excluding carboxylic acids is 1. The van der Waals surface area contributed by atoms with Crippen LogP contribution in [0.2, 0.25) is 0 Å². The topological polar surface area (TPSA) is 49.8 Å². The molecule has 1 heterocycles. The Morgan fingerprint density at radius 2 is 2.40 bits per heavy atom. The largest absolute Gasteiger partial charge is 0.463 e.